The van der Waals surface area contributed by atoms with Gasteiger partial charge in [0.2, 0.25) is 0 Å². The van der Waals surface area contributed by atoms with Crippen molar-refractivity contribution >= 4 is 0 Å². The summed E-state index contributed by atoms with van der Waals surface area (Å²) in [6, 6.07) is 19.5. The maximum Gasteiger partial charge on any atom is -0.0248 e. The van der Waals surface area contributed by atoms with Crippen LogP contribution in [0.15, 0.2) is 48.5 Å². The lowest BCUT2D eigenvalue weighted by Gasteiger charge is -2.20. The second-order valence-electron chi connectivity index (χ2n) is 29.5. The second-order valence-corrected chi connectivity index (χ2v) is 29.5. The summed E-state index contributed by atoms with van der Waals surface area (Å²) in [6.07, 6.45) is 47.3. The van der Waals surface area contributed by atoms with Crippen LogP contribution >= 0.6 is 0 Å². The largest absolute Gasteiger partial charge is 0.0654 e. The van der Waals surface area contributed by atoms with Crippen LogP contribution in [0.4, 0.5) is 0 Å². The highest BCUT2D eigenvalue weighted by Gasteiger charge is 2.15. The number of aryl methyl sites for hydroxylation is 14. The van der Waals surface area contributed by atoms with E-state index in [0.29, 0.717) is 0 Å². The standard InChI is InChI=1S/C28H50.2C24H42.C11H16/c1-21(2)11-9-13-23(5)15-17-27-19-26(8)28(20-25(27)7)18-16-24(6)14-10-12-22(3)4;1-7-11-13-21(9-3)17-23-15-20(6)24(16-19(23)5)18-22(10-4)14-12-8-2;1-5-7-9-11-13-15-17-23-19-22(4)24(20-21(23)3)18-16-14-12-10-8-6-2;1-5-11-7-9(3)8(2)6-10(11)4/h19-24H,9-18H2,1-8H3;15-16,21-22H,7-14,17-18H2,1-6H3;19-20H,5-18H2,1-4H3;6-7H,5H2,1-4H3. The fourth-order valence-corrected chi connectivity index (χ4v) is 13.3. The van der Waals surface area contributed by atoms with Crippen molar-refractivity contribution in [1.29, 1.82) is 0 Å². The molecule has 0 bridgehead atoms. The fraction of sp³-hybridized carbons (Fsp3) is 0.724. The molecule has 4 atom stereocenters. The molecule has 0 fully saturated rings. The normalized spacial score (nSPS) is 12.7. The van der Waals surface area contributed by atoms with Gasteiger partial charge in [0.25, 0.3) is 0 Å². The predicted molar refractivity (Wildman–Crippen MR) is 398 cm³/mol. The quantitative estimate of drug-likeness (QED) is 0.0389. The Hall–Kier alpha value is -3.12. The maximum atomic E-state index is 2.51. The third-order valence-electron chi connectivity index (χ3n) is 20.2. The Bertz CT molecular complexity index is 2200. The molecular weight excluding hydrogens is 1040 g/mol. The number of hydrogen-bond acceptors (Lipinski definition) is 0. The van der Waals surface area contributed by atoms with Crippen molar-refractivity contribution in [3.05, 3.63) is 138 Å². The number of benzene rings is 4. The predicted octanol–water partition coefficient (Wildman–Crippen LogP) is 28.2. The van der Waals surface area contributed by atoms with Crippen molar-refractivity contribution in [2.45, 2.75) is 377 Å². The molecule has 0 aliphatic carbocycles. The molecule has 4 aromatic rings. The first kappa shape index (κ1) is 81.9. The van der Waals surface area contributed by atoms with E-state index in [9.17, 15) is 0 Å². The van der Waals surface area contributed by atoms with Crippen LogP contribution in [0, 0.1) is 97.8 Å². The molecule has 0 N–H and O–H groups in total. The van der Waals surface area contributed by atoms with E-state index in [1.165, 1.54) is 274 Å². The van der Waals surface area contributed by atoms with Gasteiger partial charge in [-0.05, 0) is 257 Å². The Balaban J connectivity index is 0.000000601. The van der Waals surface area contributed by atoms with Crippen molar-refractivity contribution in [3.63, 3.8) is 0 Å². The molecule has 0 nitrogen and oxygen atoms in total. The average Bonchev–Trinajstić information content (AvgIpc) is 3.55. The minimum Gasteiger partial charge on any atom is -0.0654 e. The van der Waals surface area contributed by atoms with Crippen LogP contribution in [0.1, 0.15) is 359 Å². The number of unbranched alkanes of at least 4 members (excludes halogenated alkanes) is 12. The summed E-state index contributed by atoms with van der Waals surface area (Å²) in [7, 11) is 0. The van der Waals surface area contributed by atoms with Crippen molar-refractivity contribution in [3.8, 4) is 0 Å². The van der Waals surface area contributed by atoms with Gasteiger partial charge in [0.05, 0.1) is 0 Å². The van der Waals surface area contributed by atoms with Crippen LogP contribution in [0.25, 0.3) is 0 Å². The molecule has 498 valence electrons. The lowest BCUT2D eigenvalue weighted by atomic mass is 9.85. The van der Waals surface area contributed by atoms with Crippen molar-refractivity contribution in [1.82, 2.24) is 0 Å². The Morgan fingerprint density at radius 1 is 0.241 bits per heavy atom. The van der Waals surface area contributed by atoms with E-state index in [1.807, 2.05) is 0 Å². The summed E-state index contributed by atoms with van der Waals surface area (Å²) in [6.45, 7) is 50.8. The zero-order valence-electron chi connectivity index (χ0n) is 62.8. The molecule has 0 saturated heterocycles. The smallest absolute Gasteiger partial charge is 0.0248 e. The zero-order chi connectivity index (χ0) is 65.1. The number of rotatable bonds is 41. The van der Waals surface area contributed by atoms with Gasteiger partial charge in [-0.3, -0.25) is 0 Å². The summed E-state index contributed by atoms with van der Waals surface area (Å²) in [5.74, 6) is 5.13. The highest BCUT2D eigenvalue weighted by atomic mass is 14.2. The van der Waals surface area contributed by atoms with Crippen LogP contribution < -0.4 is 0 Å². The summed E-state index contributed by atoms with van der Waals surface area (Å²) in [5.41, 5.74) is 24.4. The van der Waals surface area contributed by atoms with E-state index in [2.05, 4.69) is 201 Å². The first-order valence-corrected chi connectivity index (χ1v) is 37.9. The molecule has 0 aromatic heterocycles. The summed E-state index contributed by atoms with van der Waals surface area (Å²) >= 11 is 0. The van der Waals surface area contributed by atoms with E-state index >= 15 is 0 Å². The van der Waals surface area contributed by atoms with Crippen molar-refractivity contribution in [2.24, 2.45) is 35.5 Å². The maximum absolute atomic E-state index is 2.51. The molecule has 0 spiro atoms. The molecule has 0 amide bonds. The van der Waals surface area contributed by atoms with Gasteiger partial charge in [0, 0.05) is 0 Å². The summed E-state index contributed by atoms with van der Waals surface area (Å²) in [5, 5.41) is 0. The lowest BCUT2D eigenvalue weighted by molar-refractivity contribution is 0.435. The summed E-state index contributed by atoms with van der Waals surface area (Å²) < 4.78 is 0. The second kappa shape index (κ2) is 49.6. The first-order valence-electron chi connectivity index (χ1n) is 37.9. The van der Waals surface area contributed by atoms with Gasteiger partial charge < -0.3 is 0 Å². The monoisotopic (exact) mass is 1200 g/mol. The molecule has 0 radical (unpaired) electrons. The van der Waals surface area contributed by atoms with E-state index in [-0.39, 0.29) is 0 Å². The SMILES string of the molecule is CCCCC(CC)Cc1cc(C)c(CC(CC)CCCC)cc1C.CCCCCCCCc1cc(C)c(CCCCCCCC)cc1C.CCc1cc(C)c(C)cc1C.Cc1cc(CCC(C)CCCC(C)C)c(C)cc1CCC(C)CCCC(C)C. The lowest BCUT2D eigenvalue weighted by Crippen LogP contribution is -2.08. The first-order chi connectivity index (χ1) is 41.6. The molecule has 0 saturated carbocycles. The van der Waals surface area contributed by atoms with Gasteiger partial charge in [-0.2, -0.15) is 0 Å². The van der Waals surface area contributed by atoms with Crippen molar-refractivity contribution < 1.29 is 0 Å². The molecule has 0 aliphatic heterocycles. The van der Waals surface area contributed by atoms with Crippen LogP contribution in [-0.2, 0) is 44.9 Å². The minimum absolute atomic E-state index is 0.850. The highest BCUT2D eigenvalue weighted by Crippen LogP contribution is 2.29. The third-order valence-corrected chi connectivity index (χ3v) is 20.2. The molecule has 4 aromatic carbocycles. The topological polar surface area (TPSA) is 0 Å². The van der Waals surface area contributed by atoms with Gasteiger partial charge in [0.15, 0.2) is 0 Å². The van der Waals surface area contributed by atoms with Gasteiger partial charge in [-0.15, -0.1) is 0 Å². The molecule has 0 heteroatoms. The zero-order valence-corrected chi connectivity index (χ0v) is 62.8. The molecule has 0 aliphatic rings. The molecule has 87 heavy (non-hydrogen) atoms. The van der Waals surface area contributed by atoms with Gasteiger partial charge in [-0.1, -0.05) is 293 Å². The van der Waals surface area contributed by atoms with Crippen LogP contribution in [0.3, 0.4) is 0 Å². The van der Waals surface area contributed by atoms with Crippen molar-refractivity contribution in [2.75, 3.05) is 0 Å². The molecule has 0 heterocycles. The Kier molecular flexibility index (Phi) is 46.7. The Morgan fingerprint density at radius 2 is 0.529 bits per heavy atom. The third kappa shape index (κ3) is 37.1. The average molecular weight is 1200 g/mol. The van der Waals surface area contributed by atoms with E-state index in [0.717, 1.165) is 41.9 Å². The van der Waals surface area contributed by atoms with Gasteiger partial charge in [-0.25, -0.2) is 0 Å². The fourth-order valence-electron chi connectivity index (χ4n) is 13.3. The number of hydrogen-bond donors (Lipinski definition) is 0. The summed E-state index contributed by atoms with van der Waals surface area (Å²) in [4.78, 5) is 0. The van der Waals surface area contributed by atoms with E-state index in [1.54, 1.807) is 33.4 Å². The van der Waals surface area contributed by atoms with E-state index in [4.69, 9.17) is 0 Å². The molecular formula is C87H150. The van der Waals surface area contributed by atoms with Crippen LogP contribution in [0.5, 0.6) is 0 Å². The molecule has 4 rings (SSSR count). The minimum atomic E-state index is 0.850. The van der Waals surface area contributed by atoms with Gasteiger partial charge in [0.1, 0.15) is 0 Å². The Labute approximate surface area is 547 Å². The van der Waals surface area contributed by atoms with Gasteiger partial charge >= 0.3 is 0 Å². The van der Waals surface area contributed by atoms with Crippen LogP contribution in [0.2, 0.25) is 0 Å². The molecule has 4 unspecified atom stereocenters. The van der Waals surface area contributed by atoms with Crippen LogP contribution in [-0.4, -0.2) is 0 Å². The Morgan fingerprint density at radius 3 is 0.862 bits per heavy atom. The highest BCUT2D eigenvalue weighted by molar-refractivity contribution is 5.40. The van der Waals surface area contributed by atoms with E-state index < -0.39 is 0 Å².